The lowest BCUT2D eigenvalue weighted by Gasteiger charge is -2.12. The third kappa shape index (κ3) is 4.28. The Kier molecular flexibility index (Phi) is 6.42. The zero-order valence-corrected chi connectivity index (χ0v) is 16.4. The van der Waals surface area contributed by atoms with E-state index >= 15 is 0 Å². The molecule has 0 amide bonds. The number of ether oxygens (including phenoxy) is 2. The molecule has 1 aromatic carbocycles. The number of hydrogen-bond donors (Lipinski definition) is 1. The van der Waals surface area contributed by atoms with Gasteiger partial charge < -0.3 is 19.8 Å². The van der Waals surface area contributed by atoms with Gasteiger partial charge in [-0.2, -0.15) is 0 Å². The predicted octanol–water partition coefficient (Wildman–Crippen LogP) is 4.12. The van der Waals surface area contributed by atoms with Crippen LogP contribution in [0, 0.1) is 13.8 Å². The van der Waals surface area contributed by atoms with Crippen LogP contribution in [0.2, 0.25) is 0 Å². The number of rotatable bonds is 9. The number of hydrogen-bond acceptors (Lipinski definition) is 5. The van der Waals surface area contributed by atoms with E-state index < -0.39 is 0 Å². The summed E-state index contributed by atoms with van der Waals surface area (Å²) in [6.45, 7) is 8.74. The van der Waals surface area contributed by atoms with Crippen LogP contribution in [0.4, 0.5) is 0 Å². The third-order valence-electron chi connectivity index (χ3n) is 4.65. The fourth-order valence-corrected chi connectivity index (χ4v) is 3.12. The first-order valence-corrected chi connectivity index (χ1v) is 9.52. The molecule has 3 aromatic rings. The zero-order valence-electron chi connectivity index (χ0n) is 16.4. The number of imidazole rings is 1. The molecule has 2 N–H and O–H groups in total. The molecular formula is C21H28N4O2. The smallest absolute Gasteiger partial charge is 0.247 e. The van der Waals surface area contributed by atoms with Crippen molar-refractivity contribution in [2.75, 3.05) is 13.2 Å². The molecule has 0 radical (unpaired) electrons. The summed E-state index contributed by atoms with van der Waals surface area (Å²) < 4.78 is 14.0. The van der Waals surface area contributed by atoms with Crippen molar-refractivity contribution < 1.29 is 9.47 Å². The highest BCUT2D eigenvalue weighted by Crippen LogP contribution is 2.32. The molecule has 6 nitrogen and oxygen atoms in total. The highest BCUT2D eigenvalue weighted by molar-refractivity contribution is 5.85. The van der Waals surface area contributed by atoms with E-state index in [0.29, 0.717) is 25.6 Å². The second-order valence-electron chi connectivity index (χ2n) is 6.55. The molecule has 2 aromatic heterocycles. The summed E-state index contributed by atoms with van der Waals surface area (Å²) in [5.41, 5.74) is 9.59. The second-order valence-corrected chi connectivity index (χ2v) is 6.55. The van der Waals surface area contributed by atoms with Crippen molar-refractivity contribution in [3.05, 3.63) is 47.4 Å². The van der Waals surface area contributed by atoms with Crippen LogP contribution in [0.25, 0.3) is 11.0 Å². The van der Waals surface area contributed by atoms with E-state index in [4.69, 9.17) is 20.2 Å². The minimum Gasteiger partial charge on any atom is -0.437 e. The number of fused-ring (bicyclic) bond motifs is 1. The number of aromatic nitrogens is 3. The number of pyridine rings is 1. The Bertz CT molecular complexity index is 890. The maximum Gasteiger partial charge on any atom is 0.247 e. The summed E-state index contributed by atoms with van der Waals surface area (Å²) in [5.74, 6) is 2.19. The van der Waals surface area contributed by atoms with Gasteiger partial charge in [0.05, 0.1) is 5.52 Å². The fraction of sp³-hybridized carbons (Fsp3) is 0.429. The molecule has 2 heterocycles. The molecule has 3 rings (SSSR count). The summed E-state index contributed by atoms with van der Waals surface area (Å²) in [6, 6.07) is 9.69. The van der Waals surface area contributed by atoms with Crippen molar-refractivity contribution in [3.8, 4) is 11.6 Å². The molecule has 0 bridgehead atoms. The Labute approximate surface area is 160 Å². The van der Waals surface area contributed by atoms with Gasteiger partial charge in [0.15, 0.2) is 5.52 Å². The minimum atomic E-state index is 0.469. The Morgan fingerprint density at radius 1 is 1.07 bits per heavy atom. The van der Waals surface area contributed by atoms with Gasteiger partial charge in [0.1, 0.15) is 18.2 Å². The Morgan fingerprint density at radius 3 is 2.56 bits per heavy atom. The molecular weight excluding hydrogens is 340 g/mol. The van der Waals surface area contributed by atoms with Gasteiger partial charge in [0, 0.05) is 18.8 Å². The van der Waals surface area contributed by atoms with Gasteiger partial charge in [-0.1, -0.05) is 18.2 Å². The summed E-state index contributed by atoms with van der Waals surface area (Å²) >= 11 is 0. The van der Waals surface area contributed by atoms with Gasteiger partial charge in [0.25, 0.3) is 0 Å². The van der Waals surface area contributed by atoms with E-state index in [0.717, 1.165) is 53.3 Å². The molecule has 0 aliphatic carbocycles. The van der Waals surface area contributed by atoms with E-state index in [1.54, 1.807) is 0 Å². The fourth-order valence-electron chi connectivity index (χ4n) is 3.12. The maximum atomic E-state index is 6.08. The molecule has 0 aliphatic heterocycles. The van der Waals surface area contributed by atoms with E-state index in [1.165, 1.54) is 0 Å². The highest BCUT2D eigenvalue weighted by atomic mass is 16.5. The molecule has 27 heavy (non-hydrogen) atoms. The zero-order chi connectivity index (χ0) is 19.2. The lowest BCUT2D eigenvalue weighted by molar-refractivity contribution is 0.126. The van der Waals surface area contributed by atoms with Crippen LogP contribution in [-0.4, -0.2) is 27.7 Å². The molecule has 0 unspecified atom stereocenters. The largest absolute Gasteiger partial charge is 0.437 e. The Balaban J connectivity index is 2.10. The Hall–Kier alpha value is -2.44. The summed E-state index contributed by atoms with van der Waals surface area (Å²) in [5, 5.41) is 0. The summed E-state index contributed by atoms with van der Waals surface area (Å²) in [7, 11) is 0. The average molecular weight is 368 g/mol. The van der Waals surface area contributed by atoms with E-state index in [1.807, 2.05) is 44.2 Å². The molecule has 0 saturated heterocycles. The molecule has 6 heteroatoms. The first-order valence-electron chi connectivity index (χ1n) is 9.52. The lowest BCUT2D eigenvalue weighted by atomic mass is 10.2. The second kappa shape index (κ2) is 8.97. The SMILES string of the molecule is CCOCc1nc2c(Oc3ccccc3)nc(C)c(C)c2n1CCCCN. The minimum absolute atomic E-state index is 0.469. The molecule has 0 aliphatic rings. The number of nitrogens with zero attached hydrogens (tertiary/aromatic N) is 3. The van der Waals surface area contributed by atoms with Gasteiger partial charge in [-0.3, -0.25) is 0 Å². The quantitative estimate of drug-likeness (QED) is 0.575. The molecule has 144 valence electrons. The predicted molar refractivity (Wildman–Crippen MR) is 107 cm³/mol. The van der Waals surface area contributed by atoms with Gasteiger partial charge in [-0.25, -0.2) is 9.97 Å². The van der Waals surface area contributed by atoms with E-state index in [-0.39, 0.29) is 0 Å². The van der Waals surface area contributed by atoms with Crippen LogP contribution in [0.3, 0.4) is 0 Å². The first-order chi connectivity index (χ1) is 13.2. The van der Waals surface area contributed by atoms with Crippen LogP contribution in [0.1, 0.15) is 36.8 Å². The van der Waals surface area contributed by atoms with Crippen molar-refractivity contribution in [1.29, 1.82) is 0 Å². The monoisotopic (exact) mass is 368 g/mol. The van der Waals surface area contributed by atoms with Crippen LogP contribution < -0.4 is 10.5 Å². The van der Waals surface area contributed by atoms with Gasteiger partial charge in [-0.15, -0.1) is 0 Å². The van der Waals surface area contributed by atoms with Crippen molar-refractivity contribution in [1.82, 2.24) is 14.5 Å². The van der Waals surface area contributed by atoms with Gasteiger partial charge >= 0.3 is 0 Å². The summed E-state index contributed by atoms with van der Waals surface area (Å²) in [4.78, 5) is 9.51. The van der Waals surface area contributed by atoms with Gasteiger partial charge in [-0.05, 0) is 57.9 Å². The van der Waals surface area contributed by atoms with E-state index in [9.17, 15) is 0 Å². The van der Waals surface area contributed by atoms with Crippen LogP contribution in [0.15, 0.2) is 30.3 Å². The topological polar surface area (TPSA) is 75.2 Å². The number of para-hydroxylation sites is 1. The third-order valence-corrected chi connectivity index (χ3v) is 4.65. The first kappa shape index (κ1) is 19.3. The molecule has 0 atom stereocenters. The summed E-state index contributed by atoms with van der Waals surface area (Å²) in [6.07, 6.45) is 1.97. The normalized spacial score (nSPS) is 11.3. The van der Waals surface area contributed by atoms with Gasteiger partial charge in [0.2, 0.25) is 5.88 Å². The number of aryl methyl sites for hydroxylation is 3. The molecule has 0 saturated carbocycles. The maximum absolute atomic E-state index is 6.08. The standard InChI is InChI=1S/C21H28N4O2/c1-4-26-14-18-24-19-20(25(18)13-9-8-12-22)15(2)16(3)23-21(19)27-17-10-6-5-7-11-17/h5-7,10-11H,4,8-9,12-14,22H2,1-3H3. The highest BCUT2D eigenvalue weighted by Gasteiger charge is 2.20. The van der Waals surface area contributed by atoms with Crippen molar-refractivity contribution in [3.63, 3.8) is 0 Å². The van der Waals surface area contributed by atoms with E-state index in [2.05, 4.69) is 16.5 Å². The molecule has 0 spiro atoms. The Morgan fingerprint density at radius 2 is 1.85 bits per heavy atom. The lowest BCUT2D eigenvalue weighted by Crippen LogP contribution is -2.09. The number of nitrogens with two attached hydrogens (primary N) is 1. The average Bonchev–Trinajstić information content (AvgIpc) is 3.04. The van der Waals surface area contributed by atoms with Crippen LogP contribution in [0.5, 0.6) is 11.6 Å². The van der Waals surface area contributed by atoms with Crippen LogP contribution in [-0.2, 0) is 17.9 Å². The number of unbranched alkanes of at least 4 members (excludes halogenated alkanes) is 1. The van der Waals surface area contributed by atoms with Crippen molar-refractivity contribution >= 4 is 11.0 Å². The molecule has 0 fully saturated rings. The number of benzene rings is 1. The van der Waals surface area contributed by atoms with Crippen molar-refractivity contribution in [2.45, 2.75) is 46.8 Å². The van der Waals surface area contributed by atoms with Crippen LogP contribution >= 0.6 is 0 Å². The van der Waals surface area contributed by atoms with Crippen molar-refractivity contribution in [2.24, 2.45) is 5.73 Å².